The van der Waals surface area contributed by atoms with Gasteiger partial charge in [0, 0.05) is 17.6 Å². The summed E-state index contributed by atoms with van der Waals surface area (Å²) in [5, 5.41) is 10.6. The van der Waals surface area contributed by atoms with E-state index >= 15 is 0 Å². The topological polar surface area (TPSA) is 56.0 Å². The smallest absolute Gasteiger partial charge is 0.258 e. The third-order valence-corrected chi connectivity index (χ3v) is 2.75. The van der Waals surface area contributed by atoms with Crippen molar-refractivity contribution >= 4 is 39.9 Å². The monoisotopic (exact) mass is 348 g/mol. The van der Waals surface area contributed by atoms with Crippen molar-refractivity contribution in [3.8, 4) is 0 Å². The van der Waals surface area contributed by atoms with Gasteiger partial charge in [-0.25, -0.2) is 13.8 Å². The minimum absolute atomic E-state index is 0.0150. The highest BCUT2D eigenvalue weighted by Gasteiger charge is 2.28. The third kappa shape index (κ3) is 2.51. The molecule has 0 saturated carbocycles. The number of pyridine rings is 1. The van der Waals surface area contributed by atoms with Crippen LogP contribution in [0.4, 0.5) is 14.5 Å². The Kier molecular flexibility index (Phi) is 4.14. The molecule has 0 atom stereocenters. The van der Waals surface area contributed by atoms with Crippen LogP contribution in [-0.4, -0.2) is 9.91 Å². The van der Waals surface area contributed by atoms with Gasteiger partial charge in [-0.3, -0.25) is 10.1 Å². The molecular formula is C7H4ClF2IN2O2. The minimum atomic E-state index is -2.93. The molecule has 0 spiro atoms. The molecule has 0 unspecified atom stereocenters. The molecule has 0 saturated heterocycles. The van der Waals surface area contributed by atoms with Crippen LogP contribution in [-0.2, 0) is 5.88 Å². The van der Waals surface area contributed by atoms with E-state index in [0.29, 0.717) is 0 Å². The Balaban J connectivity index is 3.51. The highest BCUT2D eigenvalue weighted by Crippen LogP contribution is 2.34. The molecule has 15 heavy (non-hydrogen) atoms. The van der Waals surface area contributed by atoms with Gasteiger partial charge in [-0.2, -0.15) is 0 Å². The van der Waals surface area contributed by atoms with Crippen LogP contribution in [0.5, 0.6) is 0 Å². The molecule has 0 radical (unpaired) electrons. The van der Waals surface area contributed by atoms with Crippen LogP contribution < -0.4 is 0 Å². The Hall–Kier alpha value is -0.570. The first kappa shape index (κ1) is 12.5. The van der Waals surface area contributed by atoms with Crippen molar-refractivity contribution < 1.29 is 13.7 Å². The molecule has 0 fully saturated rings. The molecule has 0 aromatic carbocycles. The maximum Gasteiger partial charge on any atom is 0.310 e. The average Bonchev–Trinajstić information content (AvgIpc) is 2.16. The van der Waals surface area contributed by atoms with Crippen LogP contribution in [0, 0.1) is 13.8 Å². The van der Waals surface area contributed by atoms with Crippen LogP contribution in [0.25, 0.3) is 0 Å². The summed E-state index contributed by atoms with van der Waals surface area (Å²) in [6.07, 6.45) is -1.81. The fourth-order valence-corrected chi connectivity index (χ4v) is 1.89. The average molecular weight is 348 g/mol. The molecule has 8 heteroatoms. The molecule has 1 aromatic heterocycles. The van der Waals surface area contributed by atoms with Crippen LogP contribution in [0.15, 0.2) is 6.20 Å². The molecule has 4 nitrogen and oxygen atoms in total. The summed E-state index contributed by atoms with van der Waals surface area (Å²) in [5.41, 5.74) is -1.32. The molecule has 0 bridgehead atoms. The first-order valence-electron chi connectivity index (χ1n) is 3.64. The Labute approximate surface area is 102 Å². The van der Waals surface area contributed by atoms with Crippen molar-refractivity contribution in [2.75, 3.05) is 0 Å². The number of hydrogen-bond acceptors (Lipinski definition) is 3. The highest BCUT2D eigenvalue weighted by atomic mass is 127. The number of rotatable bonds is 3. The lowest BCUT2D eigenvalue weighted by atomic mass is 10.1. The second-order valence-electron chi connectivity index (χ2n) is 2.53. The van der Waals surface area contributed by atoms with E-state index in [1.54, 1.807) is 0 Å². The van der Waals surface area contributed by atoms with Gasteiger partial charge in [0.1, 0.15) is 5.56 Å². The fourth-order valence-electron chi connectivity index (χ4n) is 1.05. The summed E-state index contributed by atoms with van der Waals surface area (Å²) < 4.78 is 25.2. The molecule has 1 aromatic rings. The standard InChI is InChI=1S/C7H4ClF2IN2O2/c8-1-3-2-12-7(11)5(13(14)15)4(3)6(9)10/h2,6H,1H2. The molecule has 1 heterocycles. The van der Waals surface area contributed by atoms with E-state index in [2.05, 4.69) is 4.98 Å². The fraction of sp³-hybridized carbons (Fsp3) is 0.286. The quantitative estimate of drug-likeness (QED) is 0.277. The molecule has 0 amide bonds. The lowest BCUT2D eigenvalue weighted by molar-refractivity contribution is -0.387. The molecule has 0 aliphatic heterocycles. The largest absolute Gasteiger partial charge is 0.310 e. The number of nitro groups is 1. The lowest BCUT2D eigenvalue weighted by Crippen LogP contribution is -2.04. The summed E-state index contributed by atoms with van der Waals surface area (Å²) in [4.78, 5) is 13.4. The highest BCUT2D eigenvalue weighted by molar-refractivity contribution is 14.1. The molecular weight excluding hydrogens is 344 g/mol. The van der Waals surface area contributed by atoms with E-state index in [9.17, 15) is 18.9 Å². The van der Waals surface area contributed by atoms with Crippen LogP contribution in [0.1, 0.15) is 17.6 Å². The molecule has 0 N–H and O–H groups in total. The summed E-state index contributed by atoms with van der Waals surface area (Å²) in [5.74, 6) is -0.232. The van der Waals surface area contributed by atoms with Crippen molar-refractivity contribution in [3.05, 3.63) is 31.1 Å². The Morgan fingerprint density at radius 2 is 2.27 bits per heavy atom. The molecule has 1 rings (SSSR count). The maximum atomic E-state index is 12.6. The van der Waals surface area contributed by atoms with E-state index in [0.717, 1.165) is 6.20 Å². The van der Waals surface area contributed by atoms with Crippen molar-refractivity contribution in [1.29, 1.82) is 0 Å². The second kappa shape index (κ2) is 4.97. The SMILES string of the molecule is O=[N+]([O-])c1c(I)ncc(CCl)c1C(F)F. The zero-order valence-corrected chi connectivity index (χ0v) is 10.00. The Morgan fingerprint density at radius 1 is 1.67 bits per heavy atom. The van der Waals surface area contributed by atoms with Gasteiger partial charge in [0.05, 0.1) is 4.92 Å². The minimum Gasteiger partial charge on any atom is -0.258 e. The Bertz CT molecular complexity index is 403. The molecule has 0 aliphatic carbocycles. The van der Waals surface area contributed by atoms with Crippen molar-refractivity contribution in [3.63, 3.8) is 0 Å². The van der Waals surface area contributed by atoms with E-state index in [1.807, 2.05) is 0 Å². The van der Waals surface area contributed by atoms with Gasteiger partial charge >= 0.3 is 5.69 Å². The predicted molar refractivity (Wildman–Crippen MR) is 58.1 cm³/mol. The van der Waals surface area contributed by atoms with Gasteiger partial charge in [-0.05, 0) is 22.6 Å². The summed E-state index contributed by atoms with van der Waals surface area (Å²) in [7, 11) is 0. The van der Waals surface area contributed by atoms with Crippen molar-refractivity contribution in [2.45, 2.75) is 12.3 Å². The van der Waals surface area contributed by atoms with Gasteiger partial charge in [-0.1, -0.05) is 0 Å². The van der Waals surface area contributed by atoms with E-state index in [4.69, 9.17) is 11.6 Å². The number of nitrogens with zero attached hydrogens (tertiary/aromatic N) is 2. The van der Waals surface area contributed by atoms with Gasteiger partial charge in [0.15, 0.2) is 3.70 Å². The molecule has 0 aliphatic rings. The van der Waals surface area contributed by atoms with E-state index < -0.39 is 22.6 Å². The van der Waals surface area contributed by atoms with Crippen LogP contribution >= 0.6 is 34.2 Å². The third-order valence-electron chi connectivity index (χ3n) is 1.67. The van der Waals surface area contributed by atoms with Gasteiger partial charge < -0.3 is 0 Å². The normalized spacial score (nSPS) is 10.7. The number of hydrogen-bond donors (Lipinski definition) is 0. The van der Waals surface area contributed by atoms with Gasteiger partial charge in [-0.15, -0.1) is 11.6 Å². The molecule has 82 valence electrons. The summed E-state index contributed by atoms with van der Waals surface area (Å²) in [6, 6.07) is 0. The zero-order chi connectivity index (χ0) is 11.6. The summed E-state index contributed by atoms with van der Waals surface area (Å²) >= 11 is 6.95. The summed E-state index contributed by atoms with van der Waals surface area (Å²) in [6.45, 7) is 0. The Morgan fingerprint density at radius 3 is 2.67 bits per heavy atom. The predicted octanol–water partition coefficient (Wildman–Crippen LogP) is 3.27. The maximum absolute atomic E-state index is 12.6. The lowest BCUT2D eigenvalue weighted by Gasteiger charge is -2.07. The number of aromatic nitrogens is 1. The second-order valence-corrected chi connectivity index (χ2v) is 3.82. The van der Waals surface area contributed by atoms with Crippen molar-refractivity contribution in [2.24, 2.45) is 0 Å². The van der Waals surface area contributed by atoms with Crippen molar-refractivity contribution in [1.82, 2.24) is 4.98 Å². The number of halogens is 4. The van der Waals surface area contributed by atoms with Gasteiger partial charge in [0.25, 0.3) is 6.43 Å². The van der Waals surface area contributed by atoms with E-state index in [1.165, 1.54) is 22.6 Å². The van der Waals surface area contributed by atoms with Gasteiger partial charge in [0.2, 0.25) is 0 Å². The van der Waals surface area contributed by atoms with Crippen LogP contribution in [0.2, 0.25) is 0 Å². The zero-order valence-electron chi connectivity index (χ0n) is 7.08. The first-order valence-corrected chi connectivity index (χ1v) is 5.26. The van der Waals surface area contributed by atoms with E-state index in [-0.39, 0.29) is 15.1 Å². The first-order chi connectivity index (χ1) is 6.99. The van der Waals surface area contributed by atoms with Crippen LogP contribution in [0.3, 0.4) is 0 Å². The number of alkyl halides is 3.